The van der Waals surface area contributed by atoms with Crippen LogP contribution in [-0.4, -0.2) is 59.0 Å². The van der Waals surface area contributed by atoms with Crippen LogP contribution in [0.4, 0.5) is 4.39 Å². The molecule has 0 atom stereocenters. The van der Waals surface area contributed by atoms with Gasteiger partial charge in [0.15, 0.2) is 5.65 Å². The lowest BCUT2D eigenvalue weighted by Gasteiger charge is -2.23. The van der Waals surface area contributed by atoms with Crippen LogP contribution in [0.5, 0.6) is 5.75 Å². The molecule has 0 saturated carbocycles. The molecule has 10 nitrogen and oxygen atoms in total. The summed E-state index contributed by atoms with van der Waals surface area (Å²) in [7, 11) is -3.42. The number of hydrogen-bond donors (Lipinski definition) is 4. The zero-order valence-electron chi connectivity index (χ0n) is 23.9. The first-order chi connectivity index (χ1) is 21.3. The summed E-state index contributed by atoms with van der Waals surface area (Å²) in [4.78, 5) is 12.5. The third-order valence-electron chi connectivity index (χ3n) is 7.78. The maximum Gasteiger partial charge on any atom is 0.209 e. The molecule has 0 aliphatic carbocycles. The number of sulfonamides is 1. The van der Waals surface area contributed by atoms with E-state index >= 15 is 0 Å². The van der Waals surface area contributed by atoms with E-state index in [1.807, 2.05) is 36.4 Å². The summed E-state index contributed by atoms with van der Waals surface area (Å²) in [5, 5.41) is 12.7. The summed E-state index contributed by atoms with van der Waals surface area (Å²) in [6.45, 7) is 1.89. The summed E-state index contributed by atoms with van der Waals surface area (Å²) in [5.41, 5.74) is 6.71. The first-order valence-corrected chi connectivity index (χ1v) is 16.2. The van der Waals surface area contributed by atoms with Crippen molar-refractivity contribution >= 4 is 32.0 Å². The molecule has 5 heterocycles. The van der Waals surface area contributed by atoms with Crippen molar-refractivity contribution in [2.75, 3.05) is 19.3 Å². The van der Waals surface area contributed by atoms with E-state index in [0.29, 0.717) is 22.5 Å². The van der Waals surface area contributed by atoms with E-state index in [1.165, 1.54) is 12.1 Å². The van der Waals surface area contributed by atoms with Crippen molar-refractivity contribution in [2.45, 2.75) is 25.5 Å². The number of aromatic amines is 2. The molecule has 224 valence electrons. The number of rotatable bonds is 8. The average molecular weight is 612 g/mol. The number of ether oxygens (including phenoxy) is 1. The zero-order chi connectivity index (χ0) is 30.3. The lowest BCUT2D eigenvalue weighted by molar-refractivity contribution is 0.162. The van der Waals surface area contributed by atoms with Crippen LogP contribution >= 0.6 is 0 Å². The van der Waals surface area contributed by atoms with Gasteiger partial charge in [-0.1, -0.05) is 12.1 Å². The minimum atomic E-state index is -3.42. The van der Waals surface area contributed by atoms with Crippen LogP contribution in [0.1, 0.15) is 18.4 Å². The molecule has 0 radical (unpaired) electrons. The molecule has 12 heteroatoms. The summed E-state index contributed by atoms with van der Waals surface area (Å²) in [5.74, 6) is 0.287. The van der Waals surface area contributed by atoms with Crippen LogP contribution in [0.2, 0.25) is 0 Å². The molecule has 1 fully saturated rings. The summed E-state index contributed by atoms with van der Waals surface area (Å²) in [6.07, 6.45) is 8.50. The average Bonchev–Trinajstić information content (AvgIpc) is 3.64. The van der Waals surface area contributed by atoms with Gasteiger partial charge < -0.3 is 15.0 Å². The molecule has 1 aliphatic heterocycles. The van der Waals surface area contributed by atoms with Crippen LogP contribution in [0.15, 0.2) is 73.2 Å². The number of piperidine rings is 1. The van der Waals surface area contributed by atoms with Gasteiger partial charge in [0.1, 0.15) is 23.4 Å². The number of pyridine rings is 2. The highest BCUT2D eigenvalue weighted by molar-refractivity contribution is 7.88. The van der Waals surface area contributed by atoms with Crippen LogP contribution < -0.4 is 14.8 Å². The molecule has 6 aromatic rings. The van der Waals surface area contributed by atoms with Crippen LogP contribution in [0, 0.1) is 5.82 Å². The normalized spacial score (nSPS) is 14.4. The van der Waals surface area contributed by atoms with Crippen molar-refractivity contribution < 1.29 is 17.5 Å². The van der Waals surface area contributed by atoms with Gasteiger partial charge in [0.05, 0.1) is 18.1 Å². The number of fused-ring (bicyclic) bond motifs is 2. The summed E-state index contributed by atoms with van der Waals surface area (Å²) < 4.78 is 46.4. The fraction of sp³-hybridized carbons (Fsp3) is 0.219. The van der Waals surface area contributed by atoms with Crippen molar-refractivity contribution in [3.8, 4) is 39.4 Å². The van der Waals surface area contributed by atoms with Crippen molar-refractivity contribution in [1.29, 1.82) is 0 Å². The highest BCUT2D eigenvalue weighted by Gasteiger charge is 2.18. The van der Waals surface area contributed by atoms with Gasteiger partial charge >= 0.3 is 0 Å². The zero-order valence-corrected chi connectivity index (χ0v) is 24.7. The Balaban J connectivity index is 1.23. The second-order valence-corrected chi connectivity index (χ2v) is 12.9. The second kappa shape index (κ2) is 11.5. The Labute approximate surface area is 253 Å². The van der Waals surface area contributed by atoms with Crippen molar-refractivity contribution in [1.82, 2.24) is 35.2 Å². The van der Waals surface area contributed by atoms with Gasteiger partial charge in [0.25, 0.3) is 0 Å². The van der Waals surface area contributed by atoms with E-state index in [9.17, 15) is 12.8 Å². The standard InChI is InChI=1S/C32H30FN7O3S/c1-44(41,42)37-15-19-9-20(11-23(33)10-19)26-3-2-4-29-27(26)14-30(38-29)31-28-13-22(17-36-32(28)40-39-31)21-12-25(18-35-16-21)43-24-5-7-34-8-6-24/h2-4,9-14,16-18,24,34,37-38H,5-8,15H2,1H3,(H,36,39,40). The van der Waals surface area contributed by atoms with E-state index in [1.54, 1.807) is 24.7 Å². The lowest BCUT2D eigenvalue weighted by atomic mass is 9.99. The number of aromatic nitrogens is 5. The van der Waals surface area contributed by atoms with Crippen molar-refractivity contribution in [2.24, 2.45) is 0 Å². The van der Waals surface area contributed by atoms with Gasteiger partial charge in [-0.05, 0) is 85.1 Å². The number of halogens is 1. The summed E-state index contributed by atoms with van der Waals surface area (Å²) >= 11 is 0. The fourth-order valence-corrected chi connectivity index (χ4v) is 6.10. The second-order valence-electron chi connectivity index (χ2n) is 11.1. The van der Waals surface area contributed by atoms with Crippen LogP contribution in [0.3, 0.4) is 0 Å². The molecular weight excluding hydrogens is 581 g/mol. The maximum absolute atomic E-state index is 14.6. The van der Waals surface area contributed by atoms with Gasteiger partial charge in [0.2, 0.25) is 10.0 Å². The predicted octanol–water partition coefficient (Wildman–Crippen LogP) is 5.15. The highest BCUT2D eigenvalue weighted by Crippen LogP contribution is 2.35. The largest absolute Gasteiger partial charge is 0.489 e. The van der Waals surface area contributed by atoms with Gasteiger partial charge in [-0.2, -0.15) is 5.10 Å². The third kappa shape index (κ3) is 5.91. The molecule has 0 amide bonds. The van der Waals surface area contributed by atoms with E-state index in [-0.39, 0.29) is 12.6 Å². The lowest BCUT2D eigenvalue weighted by Crippen LogP contribution is -2.34. The topological polar surface area (TPSA) is 138 Å². The third-order valence-corrected chi connectivity index (χ3v) is 8.45. The van der Waals surface area contributed by atoms with E-state index in [4.69, 9.17) is 4.74 Å². The Morgan fingerprint density at radius 1 is 0.977 bits per heavy atom. The van der Waals surface area contributed by atoms with E-state index in [0.717, 1.165) is 76.6 Å². The maximum atomic E-state index is 14.6. The number of H-pyrrole nitrogens is 2. The molecule has 0 unspecified atom stereocenters. The molecule has 2 aromatic carbocycles. The molecule has 1 aliphatic rings. The van der Waals surface area contributed by atoms with Gasteiger partial charge in [0, 0.05) is 46.4 Å². The fourth-order valence-electron chi connectivity index (χ4n) is 5.67. The Bertz CT molecular complexity index is 2100. The molecule has 1 saturated heterocycles. The molecule has 0 bridgehead atoms. The number of hydrogen-bond acceptors (Lipinski definition) is 7. The van der Waals surface area contributed by atoms with Crippen molar-refractivity contribution in [3.63, 3.8) is 0 Å². The van der Waals surface area contributed by atoms with Gasteiger partial charge in [-0.15, -0.1) is 0 Å². The SMILES string of the molecule is CS(=O)(=O)NCc1cc(F)cc(-c2cccc3[nH]c(-c4n[nH]c5ncc(-c6cncc(OC7CCNCC7)c6)cc45)cc23)c1. The monoisotopic (exact) mass is 611 g/mol. The number of nitrogens with one attached hydrogen (secondary N) is 4. The quantitative estimate of drug-likeness (QED) is 0.187. The van der Waals surface area contributed by atoms with E-state index < -0.39 is 15.8 Å². The highest BCUT2D eigenvalue weighted by atomic mass is 32.2. The minimum absolute atomic E-state index is 0.00480. The minimum Gasteiger partial charge on any atom is -0.489 e. The van der Waals surface area contributed by atoms with Crippen LogP contribution in [0.25, 0.3) is 55.6 Å². The van der Waals surface area contributed by atoms with Crippen LogP contribution in [-0.2, 0) is 16.6 Å². The van der Waals surface area contributed by atoms with Gasteiger partial charge in [-0.3, -0.25) is 10.1 Å². The molecule has 4 aromatic heterocycles. The first kappa shape index (κ1) is 28.1. The Hall–Kier alpha value is -4.65. The number of benzene rings is 2. The Morgan fingerprint density at radius 3 is 2.66 bits per heavy atom. The molecule has 0 spiro atoms. The first-order valence-electron chi connectivity index (χ1n) is 14.3. The molecule has 4 N–H and O–H groups in total. The Kier molecular flexibility index (Phi) is 7.32. The Morgan fingerprint density at radius 2 is 1.82 bits per heavy atom. The van der Waals surface area contributed by atoms with E-state index in [2.05, 4.69) is 35.2 Å². The number of nitrogens with zero attached hydrogens (tertiary/aromatic N) is 3. The molecule has 44 heavy (non-hydrogen) atoms. The molecular formula is C32H30FN7O3S. The predicted molar refractivity (Wildman–Crippen MR) is 168 cm³/mol. The molecule has 7 rings (SSSR count). The summed E-state index contributed by atoms with van der Waals surface area (Å²) in [6, 6.07) is 16.3. The van der Waals surface area contributed by atoms with Crippen molar-refractivity contribution in [3.05, 3.63) is 84.6 Å². The smallest absolute Gasteiger partial charge is 0.209 e. The van der Waals surface area contributed by atoms with Gasteiger partial charge in [-0.25, -0.2) is 22.5 Å².